The second-order valence-corrected chi connectivity index (χ2v) is 3.95. The van der Waals surface area contributed by atoms with E-state index in [2.05, 4.69) is 20.8 Å². The van der Waals surface area contributed by atoms with E-state index in [0.717, 1.165) is 25.2 Å². The van der Waals surface area contributed by atoms with Gasteiger partial charge in [0.1, 0.15) is 0 Å². The van der Waals surface area contributed by atoms with Crippen LogP contribution < -0.4 is 10.6 Å². The topological polar surface area (TPSA) is 49.8 Å². The molecule has 0 spiro atoms. The van der Waals surface area contributed by atoms with Gasteiger partial charge in [-0.05, 0) is 13.0 Å². The Morgan fingerprint density at radius 3 is 3.00 bits per heavy atom. The lowest BCUT2D eigenvalue weighted by molar-refractivity contribution is 0.791. The largest absolute Gasteiger partial charge is 0.378 e. The number of nitrogens with zero attached hydrogens (tertiary/aromatic N) is 2. The minimum atomic E-state index is 0.350. The summed E-state index contributed by atoms with van der Waals surface area (Å²) in [4.78, 5) is 0. The lowest BCUT2D eigenvalue weighted by Crippen LogP contribution is -2.22. The van der Waals surface area contributed by atoms with E-state index in [1.807, 2.05) is 0 Å². The van der Waals surface area contributed by atoms with E-state index in [-0.39, 0.29) is 0 Å². The third kappa shape index (κ3) is 2.26. The summed E-state index contributed by atoms with van der Waals surface area (Å²) >= 11 is 11.6. The van der Waals surface area contributed by atoms with Gasteiger partial charge in [0.2, 0.25) is 0 Å². The minimum absolute atomic E-state index is 0.350. The van der Waals surface area contributed by atoms with Crippen LogP contribution in [0.25, 0.3) is 0 Å². The smallest absolute Gasteiger partial charge is 0.174 e. The molecule has 2 heterocycles. The van der Waals surface area contributed by atoms with Crippen LogP contribution in [-0.2, 0) is 0 Å². The van der Waals surface area contributed by atoms with Gasteiger partial charge >= 0.3 is 0 Å². The van der Waals surface area contributed by atoms with Crippen LogP contribution in [0.5, 0.6) is 0 Å². The van der Waals surface area contributed by atoms with E-state index in [1.54, 1.807) is 6.07 Å². The van der Waals surface area contributed by atoms with Gasteiger partial charge in [0.05, 0.1) is 5.69 Å². The van der Waals surface area contributed by atoms with Crippen LogP contribution in [0.3, 0.4) is 0 Å². The number of nitrogens with one attached hydrogen (secondary N) is 2. The predicted molar refractivity (Wildman–Crippen MR) is 56.9 cm³/mol. The zero-order valence-corrected chi connectivity index (χ0v) is 8.94. The molecule has 4 nitrogen and oxygen atoms in total. The molecular formula is C8H10Cl2N4. The summed E-state index contributed by atoms with van der Waals surface area (Å²) in [5.74, 6) is 0. The first-order valence-electron chi connectivity index (χ1n) is 4.41. The molecule has 1 aromatic rings. The summed E-state index contributed by atoms with van der Waals surface area (Å²) < 4.78 is 0. The Labute approximate surface area is 92.0 Å². The molecule has 0 bridgehead atoms. The molecule has 2 rings (SSSR count). The standard InChI is InChI=1S/C8H10Cl2N4/c9-7-3-6(8(10)14-13-7)12-5-1-2-11-4-5/h3,5,11H,1-2,4H2,(H,12,13). The van der Waals surface area contributed by atoms with Crippen molar-refractivity contribution in [2.75, 3.05) is 18.4 Å². The summed E-state index contributed by atoms with van der Waals surface area (Å²) in [5, 5.41) is 14.6. The molecule has 1 saturated heterocycles. The van der Waals surface area contributed by atoms with E-state index in [0.29, 0.717) is 16.3 Å². The van der Waals surface area contributed by atoms with Gasteiger partial charge in [0.25, 0.3) is 0 Å². The Hall–Kier alpha value is -0.580. The lowest BCUT2D eigenvalue weighted by atomic mass is 10.2. The van der Waals surface area contributed by atoms with Crippen molar-refractivity contribution in [1.82, 2.24) is 15.5 Å². The number of aromatic nitrogens is 2. The van der Waals surface area contributed by atoms with Crippen molar-refractivity contribution in [2.24, 2.45) is 0 Å². The fraction of sp³-hybridized carbons (Fsp3) is 0.500. The van der Waals surface area contributed by atoms with Crippen LogP contribution in [0.4, 0.5) is 5.69 Å². The van der Waals surface area contributed by atoms with Gasteiger partial charge in [0, 0.05) is 18.7 Å². The molecule has 0 aromatic carbocycles. The lowest BCUT2D eigenvalue weighted by Gasteiger charge is -2.13. The zero-order valence-electron chi connectivity index (χ0n) is 7.43. The average molecular weight is 233 g/mol. The molecule has 1 fully saturated rings. The minimum Gasteiger partial charge on any atom is -0.378 e. The zero-order chi connectivity index (χ0) is 9.97. The van der Waals surface area contributed by atoms with Gasteiger partial charge in [-0.15, -0.1) is 10.2 Å². The molecule has 1 aliphatic rings. The number of hydrogen-bond donors (Lipinski definition) is 2. The van der Waals surface area contributed by atoms with E-state index >= 15 is 0 Å². The van der Waals surface area contributed by atoms with E-state index in [4.69, 9.17) is 23.2 Å². The highest BCUT2D eigenvalue weighted by Gasteiger charge is 2.15. The third-order valence-electron chi connectivity index (χ3n) is 2.14. The highest BCUT2D eigenvalue weighted by atomic mass is 35.5. The van der Waals surface area contributed by atoms with Crippen molar-refractivity contribution in [3.05, 3.63) is 16.4 Å². The van der Waals surface area contributed by atoms with E-state index in [9.17, 15) is 0 Å². The van der Waals surface area contributed by atoms with Crippen LogP contribution in [0.2, 0.25) is 10.3 Å². The molecule has 0 aliphatic carbocycles. The summed E-state index contributed by atoms with van der Waals surface area (Å²) in [6, 6.07) is 2.09. The first-order valence-corrected chi connectivity index (χ1v) is 5.17. The van der Waals surface area contributed by atoms with E-state index in [1.165, 1.54) is 0 Å². The quantitative estimate of drug-likeness (QED) is 0.813. The molecule has 1 aromatic heterocycles. The van der Waals surface area contributed by atoms with E-state index < -0.39 is 0 Å². The third-order valence-corrected chi connectivity index (χ3v) is 2.60. The Balaban J connectivity index is 2.10. The van der Waals surface area contributed by atoms with Crippen molar-refractivity contribution >= 4 is 28.9 Å². The fourth-order valence-electron chi connectivity index (χ4n) is 1.45. The maximum Gasteiger partial charge on any atom is 0.174 e. The molecule has 14 heavy (non-hydrogen) atoms. The molecule has 0 saturated carbocycles. The van der Waals surface area contributed by atoms with Gasteiger partial charge in [-0.1, -0.05) is 23.2 Å². The average Bonchev–Trinajstić information content (AvgIpc) is 2.64. The summed E-state index contributed by atoms with van der Waals surface area (Å²) in [7, 11) is 0. The van der Waals surface area contributed by atoms with Crippen molar-refractivity contribution in [1.29, 1.82) is 0 Å². The fourth-order valence-corrected chi connectivity index (χ4v) is 1.75. The first kappa shape index (κ1) is 9.96. The molecule has 0 radical (unpaired) electrons. The van der Waals surface area contributed by atoms with Crippen LogP contribution in [-0.4, -0.2) is 29.3 Å². The van der Waals surface area contributed by atoms with Crippen LogP contribution in [0.15, 0.2) is 6.07 Å². The number of hydrogen-bond acceptors (Lipinski definition) is 4. The Bertz CT molecular complexity index is 325. The SMILES string of the molecule is Clc1cc(NC2CCNC2)c(Cl)nn1. The molecule has 76 valence electrons. The summed E-state index contributed by atoms with van der Waals surface area (Å²) in [5.41, 5.74) is 0.750. The first-order chi connectivity index (χ1) is 6.75. The molecule has 1 atom stereocenters. The molecule has 1 unspecified atom stereocenters. The molecular weight excluding hydrogens is 223 g/mol. The maximum atomic E-state index is 5.86. The second kappa shape index (κ2) is 4.29. The Morgan fingerprint density at radius 2 is 2.29 bits per heavy atom. The second-order valence-electron chi connectivity index (χ2n) is 3.21. The van der Waals surface area contributed by atoms with Gasteiger partial charge in [-0.3, -0.25) is 0 Å². The Morgan fingerprint density at radius 1 is 1.43 bits per heavy atom. The van der Waals surface area contributed by atoms with Crippen LogP contribution in [0.1, 0.15) is 6.42 Å². The van der Waals surface area contributed by atoms with Crippen LogP contribution in [0, 0.1) is 0 Å². The van der Waals surface area contributed by atoms with Gasteiger partial charge in [-0.25, -0.2) is 0 Å². The molecule has 6 heteroatoms. The summed E-state index contributed by atoms with van der Waals surface area (Å²) in [6.45, 7) is 1.97. The predicted octanol–water partition coefficient (Wildman–Crippen LogP) is 1.56. The highest BCUT2D eigenvalue weighted by Crippen LogP contribution is 2.22. The summed E-state index contributed by atoms with van der Waals surface area (Å²) in [6.07, 6.45) is 1.08. The van der Waals surface area contributed by atoms with Crippen molar-refractivity contribution < 1.29 is 0 Å². The Kier molecular flexibility index (Phi) is 3.05. The van der Waals surface area contributed by atoms with Gasteiger partial charge in [-0.2, -0.15) is 0 Å². The van der Waals surface area contributed by atoms with Gasteiger partial charge in [0.15, 0.2) is 10.3 Å². The normalized spacial score (nSPS) is 21.1. The van der Waals surface area contributed by atoms with Crippen molar-refractivity contribution in [3.63, 3.8) is 0 Å². The van der Waals surface area contributed by atoms with Crippen LogP contribution >= 0.6 is 23.2 Å². The number of anilines is 1. The highest BCUT2D eigenvalue weighted by molar-refractivity contribution is 6.33. The van der Waals surface area contributed by atoms with Crippen molar-refractivity contribution in [3.8, 4) is 0 Å². The molecule has 2 N–H and O–H groups in total. The number of halogens is 2. The number of rotatable bonds is 2. The van der Waals surface area contributed by atoms with Gasteiger partial charge < -0.3 is 10.6 Å². The maximum absolute atomic E-state index is 5.86. The molecule has 1 aliphatic heterocycles. The monoisotopic (exact) mass is 232 g/mol. The van der Waals surface area contributed by atoms with Crippen molar-refractivity contribution in [2.45, 2.75) is 12.5 Å². The molecule has 0 amide bonds.